The first-order valence-corrected chi connectivity index (χ1v) is 7.11. The molecule has 1 atom stereocenters. The lowest BCUT2D eigenvalue weighted by atomic mass is 9.94. The number of rotatable bonds is 2. The molecular weight excluding hydrogens is 295 g/mol. The Balaban J connectivity index is 1.90. The van der Waals surface area contributed by atoms with E-state index in [0.29, 0.717) is 13.1 Å². The Morgan fingerprint density at radius 3 is 2.82 bits per heavy atom. The Morgan fingerprint density at radius 1 is 1.32 bits per heavy atom. The van der Waals surface area contributed by atoms with Gasteiger partial charge in [0, 0.05) is 30.9 Å². The molecule has 0 aliphatic carbocycles. The third kappa shape index (κ3) is 2.90. The van der Waals surface area contributed by atoms with Crippen molar-refractivity contribution in [3.63, 3.8) is 0 Å². The number of piperidine rings is 1. The van der Waals surface area contributed by atoms with Crippen molar-refractivity contribution >= 4 is 5.82 Å². The summed E-state index contributed by atoms with van der Waals surface area (Å²) in [5, 5.41) is 14.4. The summed E-state index contributed by atoms with van der Waals surface area (Å²) in [5.41, 5.74) is 0.488. The van der Waals surface area contributed by atoms with Crippen molar-refractivity contribution in [1.82, 2.24) is 20.4 Å². The predicted octanol–water partition coefficient (Wildman–Crippen LogP) is 2.91. The number of aromatic amines is 1. The summed E-state index contributed by atoms with van der Waals surface area (Å²) in [6.45, 7) is 2.53. The van der Waals surface area contributed by atoms with Crippen LogP contribution in [0.5, 0.6) is 0 Å². The van der Waals surface area contributed by atoms with Gasteiger partial charge in [0.25, 0.3) is 0 Å². The first kappa shape index (κ1) is 14.8. The standard InChI is InChI=1S/C14H16F3N5/c1-9-7-11(14(15,16)17)13(21-19-9)22-6-2-3-10(8-22)12-4-5-18-20-12/h4-5,7,10H,2-3,6,8H2,1H3,(H,18,20). The molecule has 1 N–H and O–H groups in total. The third-order valence-corrected chi connectivity index (χ3v) is 3.89. The van der Waals surface area contributed by atoms with E-state index in [9.17, 15) is 13.2 Å². The Labute approximate surface area is 125 Å². The van der Waals surface area contributed by atoms with Crippen LogP contribution in [-0.2, 0) is 6.18 Å². The highest BCUT2D eigenvalue weighted by Gasteiger charge is 2.37. The van der Waals surface area contributed by atoms with Crippen LogP contribution in [0.2, 0.25) is 0 Å². The fraction of sp³-hybridized carbons (Fsp3) is 0.500. The second-order valence-corrected chi connectivity index (χ2v) is 5.52. The van der Waals surface area contributed by atoms with Crippen molar-refractivity contribution in [2.24, 2.45) is 0 Å². The SMILES string of the molecule is Cc1cc(C(F)(F)F)c(N2CCCC(c3ccn[nH]3)C2)nn1. The topological polar surface area (TPSA) is 57.7 Å². The van der Waals surface area contributed by atoms with Gasteiger partial charge < -0.3 is 4.90 Å². The van der Waals surface area contributed by atoms with E-state index in [1.807, 2.05) is 6.07 Å². The predicted molar refractivity (Wildman–Crippen MR) is 74.5 cm³/mol. The van der Waals surface area contributed by atoms with Crippen LogP contribution < -0.4 is 4.90 Å². The molecule has 1 aliphatic rings. The first-order valence-electron chi connectivity index (χ1n) is 7.11. The molecule has 1 saturated heterocycles. The monoisotopic (exact) mass is 311 g/mol. The van der Waals surface area contributed by atoms with E-state index in [1.54, 1.807) is 11.1 Å². The summed E-state index contributed by atoms with van der Waals surface area (Å²) in [5.74, 6) is 0.0442. The molecule has 0 spiro atoms. The highest BCUT2D eigenvalue weighted by Crippen LogP contribution is 2.37. The van der Waals surface area contributed by atoms with Gasteiger partial charge in [-0.3, -0.25) is 5.10 Å². The molecule has 8 heteroatoms. The average Bonchev–Trinajstić information content (AvgIpc) is 3.01. The Bertz CT molecular complexity index is 638. The molecule has 0 saturated carbocycles. The zero-order valence-electron chi connectivity index (χ0n) is 12.1. The van der Waals surface area contributed by atoms with Crippen molar-refractivity contribution in [3.05, 3.63) is 35.3 Å². The minimum atomic E-state index is -4.43. The van der Waals surface area contributed by atoms with Crippen LogP contribution in [-0.4, -0.2) is 33.5 Å². The third-order valence-electron chi connectivity index (χ3n) is 3.89. The lowest BCUT2D eigenvalue weighted by Gasteiger charge is -2.34. The van der Waals surface area contributed by atoms with Crippen LogP contribution in [0.25, 0.3) is 0 Å². The number of halogens is 3. The summed E-state index contributed by atoms with van der Waals surface area (Å²) in [6, 6.07) is 2.92. The van der Waals surface area contributed by atoms with Crippen molar-refractivity contribution in [1.29, 1.82) is 0 Å². The molecule has 3 heterocycles. The number of nitrogens with zero attached hydrogens (tertiary/aromatic N) is 4. The quantitative estimate of drug-likeness (QED) is 0.926. The Kier molecular flexibility index (Phi) is 3.76. The maximum atomic E-state index is 13.2. The number of H-pyrrole nitrogens is 1. The van der Waals surface area contributed by atoms with E-state index in [0.717, 1.165) is 24.6 Å². The van der Waals surface area contributed by atoms with E-state index in [1.165, 1.54) is 6.92 Å². The lowest BCUT2D eigenvalue weighted by molar-refractivity contribution is -0.137. The maximum absolute atomic E-state index is 13.2. The smallest absolute Gasteiger partial charge is 0.354 e. The number of hydrogen-bond acceptors (Lipinski definition) is 4. The Hall–Kier alpha value is -2.12. The first-order chi connectivity index (χ1) is 10.4. The fourth-order valence-electron chi connectivity index (χ4n) is 2.84. The van der Waals surface area contributed by atoms with Gasteiger partial charge in [-0.05, 0) is 31.9 Å². The molecular formula is C14H16F3N5. The van der Waals surface area contributed by atoms with Crippen molar-refractivity contribution in [3.8, 4) is 0 Å². The number of anilines is 1. The molecule has 0 bridgehead atoms. The zero-order chi connectivity index (χ0) is 15.7. The van der Waals surface area contributed by atoms with E-state index in [-0.39, 0.29) is 17.4 Å². The van der Waals surface area contributed by atoms with Gasteiger partial charge >= 0.3 is 6.18 Å². The summed E-state index contributed by atoms with van der Waals surface area (Å²) in [4.78, 5) is 1.67. The molecule has 0 radical (unpaired) electrons. The molecule has 118 valence electrons. The van der Waals surface area contributed by atoms with E-state index in [4.69, 9.17) is 0 Å². The number of hydrogen-bond donors (Lipinski definition) is 1. The maximum Gasteiger partial charge on any atom is 0.420 e. The Morgan fingerprint density at radius 2 is 2.14 bits per heavy atom. The van der Waals surface area contributed by atoms with Crippen LogP contribution in [0, 0.1) is 6.92 Å². The second kappa shape index (κ2) is 5.58. The van der Waals surface area contributed by atoms with E-state index >= 15 is 0 Å². The highest BCUT2D eigenvalue weighted by molar-refractivity contribution is 5.49. The van der Waals surface area contributed by atoms with Crippen molar-refractivity contribution in [2.75, 3.05) is 18.0 Å². The van der Waals surface area contributed by atoms with Gasteiger partial charge in [-0.15, -0.1) is 5.10 Å². The molecule has 0 amide bonds. The molecule has 1 fully saturated rings. The van der Waals surface area contributed by atoms with Crippen LogP contribution in [0.3, 0.4) is 0 Å². The van der Waals surface area contributed by atoms with Crippen LogP contribution in [0.15, 0.2) is 18.3 Å². The molecule has 22 heavy (non-hydrogen) atoms. The lowest BCUT2D eigenvalue weighted by Crippen LogP contribution is -2.36. The second-order valence-electron chi connectivity index (χ2n) is 5.52. The van der Waals surface area contributed by atoms with Crippen molar-refractivity contribution in [2.45, 2.75) is 31.9 Å². The number of aryl methyl sites for hydroxylation is 1. The molecule has 1 aliphatic heterocycles. The van der Waals surface area contributed by atoms with Crippen LogP contribution in [0.1, 0.15) is 35.7 Å². The fourth-order valence-corrected chi connectivity index (χ4v) is 2.84. The average molecular weight is 311 g/mol. The van der Waals surface area contributed by atoms with Gasteiger partial charge in [-0.1, -0.05) is 0 Å². The van der Waals surface area contributed by atoms with Gasteiger partial charge in [0.1, 0.15) is 5.56 Å². The summed E-state index contributed by atoms with van der Waals surface area (Å²) in [6.07, 6.45) is -1.06. The molecule has 0 aromatic carbocycles. The van der Waals surface area contributed by atoms with Crippen LogP contribution in [0.4, 0.5) is 19.0 Å². The van der Waals surface area contributed by atoms with Gasteiger partial charge in [-0.25, -0.2) is 0 Å². The van der Waals surface area contributed by atoms with Crippen LogP contribution >= 0.6 is 0 Å². The molecule has 2 aromatic heterocycles. The summed E-state index contributed by atoms with van der Waals surface area (Å²) in [7, 11) is 0. The number of alkyl halides is 3. The number of aromatic nitrogens is 4. The summed E-state index contributed by atoms with van der Waals surface area (Å²) >= 11 is 0. The van der Waals surface area contributed by atoms with E-state index in [2.05, 4.69) is 20.4 Å². The summed E-state index contributed by atoms with van der Waals surface area (Å²) < 4.78 is 39.7. The molecule has 1 unspecified atom stereocenters. The highest BCUT2D eigenvalue weighted by atomic mass is 19.4. The molecule has 5 nitrogen and oxygen atoms in total. The van der Waals surface area contributed by atoms with Gasteiger partial charge in [0.2, 0.25) is 0 Å². The van der Waals surface area contributed by atoms with E-state index < -0.39 is 11.7 Å². The molecule has 2 aromatic rings. The van der Waals surface area contributed by atoms with Crippen molar-refractivity contribution < 1.29 is 13.2 Å². The van der Waals surface area contributed by atoms with Gasteiger partial charge in [0.15, 0.2) is 5.82 Å². The van der Waals surface area contributed by atoms with Gasteiger partial charge in [-0.2, -0.15) is 23.4 Å². The zero-order valence-corrected chi connectivity index (χ0v) is 12.1. The minimum absolute atomic E-state index is 0.0812. The largest absolute Gasteiger partial charge is 0.420 e. The molecule has 3 rings (SSSR count). The minimum Gasteiger partial charge on any atom is -0.354 e. The normalized spacial score (nSPS) is 19.5. The number of nitrogens with one attached hydrogen (secondary N) is 1. The van der Waals surface area contributed by atoms with Gasteiger partial charge in [0.05, 0.1) is 5.69 Å².